The Bertz CT molecular complexity index is 372. The molecule has 0 heterocycles. The molecule has 0 atom stereocenters. The fraction of sp³-hybridized carbons (Fsp3) is 0.800. The number of hydrogen-bond donors (Lipinski definition) is 2. The molecule has 2 amide bonds. The van der Waals surface area contributed by atoms with E-state index >= 15 is 0 Å². The van der Waals surface area contributed by atoms with Gasteiger partial charge in [0.15, 0.2) is 0 Å². The van der Waals surface area contributed by atoms with Crippen molar-refractivity contribution in [2.45, 2.75) is 59.9 Å². The van der Waals surface area contributed by atoms with E-state index in [1.807, 2.05) is 34.6 Å². The predicted octanol–water partition coefficient (Wildman–Crippen LogP) is 1.64. The van der Waals surface area contributed by atoms with Gasteiger partial charge in [-0.25, -0.2) is 0 Å². The van der Waals surface area contributed by atoms with E-state index in [2.05, 4.69) is 5.32 Å². The van der Waals surface area contributed by atoms with Crippen LogP contribution >= 0.6 is 0 Å². The maximum Gasteiger partial charge on any atom is 0.305 e. The minimum absolute atomic E-state index is 0.0268. The van der Waals surface area contributed by atoms with E-state index in [1.54, 1.807) is 4.90 Å². The monoisotopic (exact) mass is 300 g/mol. The highest BCUT2D eigenvalue weighted by Crippen LogP contribution is 2.12. The van der Waals surface area contributed by atoms with E-state index in [-0.39, 0.29) is 30.8 Å². The zero-order chi connectivity index (χ0) is 16.6. The van der Waals surface area contributed by atoms with Crippen LogP contribution in [0.3, 0.4) is 0 Å². The highest BCUT2D eigenvalue weighted by Gasteiger charge is 2.21. The molecule has 0 saturated heterocycles. The molecule has 0 rings (SSSR count). The molecule has 0 aromatic carbocycles. The molecule has 0 aliphatic carbocycles. The van der Waals surface area contributed by atoms with Gasteiger partial charge in [0.1, 0.15) is 0 Å². The molecule has 0 bridgehead atoms. The number of carboxylic acids is 1. The van der Waals surface area contributed by atoms with E-state index in [9.17, 15) is 14.4 Å². The van der Waals surface area contributed by atoms with Gasteiger partial charge in [0.05, 0.1) is 6.42 Å². The van der Waals surface area contributed by atoms with Gasteiger partial charge in [-0.3, -0.25) is 14.4 Å². The van der Waals surface area contributed by atoms with E-state index in [1.165, 1.54) is 0 Å². The molecule has 0 aliphatic rings. The van der Waals surface area contributed by atoms with Gasteiger partial charge in [-0.2, -0.15) is 0 Å². The summed E-state index contributed by atoms with van der Waals surface area (Å²) in [6.07, 6.45) is 0.809. The predicted molar refractivity (Wildman–Crippen MR) is 80.8 cm³/mol. The average molecular weight is 300 g/mol. The summed E-state index contributed by atoms with van der Waals surface area (Å²) in [5.74, 6) is -1.02. The maximum absolute atomic E-state index is 12.1. The summed E-state index contributed by atoms with van der Waals surface area (Å²) in [7, 11) is 0. The first-order valence-corrected chi connectivity index (χ1v) is 7.35. The second-order valence-corrected chi connectivity index (χ2v) is 6.43. The SMILES string of the molecule is CC(C)N(CCC(=O)O)C(=O)CCCNC(=O)C(C)(C)C. The molecule has 0 saturated carbocycles. The number of nitrogens with zero attached hydrogens (tertiary/aromatic N) is 1. The quantitative estimate of drug-likeness (QED) is 0.667. The van der Waals surface area contributed by atoms with Gasteiger partial charge < -0.3 is 15.3 Å². The Labute approximate surface area is 126 Å². The number of amides is 2. The molecule has 0 radical (unpaired) electrons. The van der Waals surface area contributed by atoms with E-state index in [0.717, 1.165) is 0 Å². The molecule has 21 heavy (non-hydrogen) atoms. The highest BCUT2D eigenvalue weighted by molar-refractivity contribution is 5.81. The van der Waals surface area contributed by atoms with Crippen LogP contribution < -0.4 is 5.32 Å². The van der Waals surface area contributed by atoms with E-state index < -0.39 is 11.4 Å². The Hall–Kier alpha value is -1.59. The van der Waals surface area contributed by atoms with Crippen molar-refractivity contribution in [2.75, 3.05) is 13.1 Å². The van der Waals surface area contributed by atoms with Gasteiger partial charge in [0, 0.05) is 31.0 Å². The Morgan fingerprint density at radius 2 is 1.71 bits per heavy atom. The first kappa shape index (κ1) is 19.4. The molecule has 6 nitrogen and oxygen atoms in total. The van der Waals surface area contributed by atoms with Gasteiger partial charge in [-0.05, 0) is 20.3 Å². The van der Waals surface area contributed by atoms with Crippen molar-refractivity contribution in [1.29, 1.82) is 0 Å². The number of aliphatic carboxylic acids is 1. The van der Waals surface area contributed by atoms with Crippen molar-refractivity contribution in [3.8, 4) is 0 Å². The summed E-state index contributed by atoms with van der Waals surface area (Å²) in [5, 5.41) is 11.5. The fourth-order valence-electron chi connectivity index (χ4n) is 1.74. The normalized spacial score (nSPS) is 11.3. The van der Waals surface area contributed by atoms with Crippen LogP contribution in [0, 0.1) is 5.41 Å². The van der Waals surface area contributed by atoms with Crippen LogP contribution in [0.1, 0.15) is 53.9 Å². The lowest BCUT2D eigenvalue weighted by molar-refractivity contribution is -0.139. The molecule has 6 heteroatoms. The standard InChI is InChI=1S/C15H28N2O4/c1-11(2)17(10-8-13(19)20)12(18)7-6-9-16-14(21)15(3,4)5/h11H,6-10H2,1-5H3,(H,16,21)(H,19,20). The van der Waals surface area contributed by atoms with Crippen LogP contribution in [0.25, 0.3) is 0 Å². The molecule has 2 N–H and O–H groups in total. The van der Waals surface area contributed by atoms with Gasteiger partial charge in [-0.15, -0.1) is 0 Å². The second-order valence-electron chi connectivity index (χ2n) is 6.43. The Morgan fingerprint density at radius 1 is 1.14 bits per heavy atom. The summed E-state index contributed by atoms with van der Waals surface area (Å²) in [6, 6.07) is -0.0268. The number of nitrogens with one attached hydrogen (secondary N) is 1. The lowest BCUT2D eigenvalue weighted by Crippen LogP contribution is -2.39. The fourth-order valence-corrected chi connectivity index (χ4v) is 1.74. The van der Waals surface area contributed by atoms with Gasteiger partial charge in [0.2, 0.25) is 11.8 Å². The lowest BCUT2D eigenvalue weighted by Gasteiger charge is -2.26. The van der Waals surface area contributed by atoms with Crippen LogP contribution in [0.4, 0.5) is 0 Å². The first-order valence-electron chi connectivity index (χ1n) is 7.35. The second kappa shape index (κ2) is 8.64. The van der Waals surface area contributed by atoms with Crippen molar-refractivity contribution in [3.05, 3.63) is 0 Å². The van der Waals surface area contributed by atoms with Crippen LogP contribution in [-0.2, 0) is 14.4 Å². The third-order valence-corrected chi connectivity index (χ3v) is 3.04. The number of carbonyl (C=O) groups is 3. The largest absolute Gasteiger partial charge is 0.481 e. The molecular weight excluding hydrogens is 272 g/mol. The van der Waals surface area contributed by atoms with E-state index in [0.29, 0.717) is 19.4 Å². The van der Waals surface area contributed by atoms with Crippen LogP contribution in [0.15, 0.2) is 0 Å². The summed E-state index contributed by atoms with van der Waals surface area (Å²) >= 11 is 0. The van der Waals surface area contributed by atoms with Crippen molar-refractivity contribution in [1.82, 2.24) is 10.2 Å². The molecule has 0 spiro atoms. The number of rotatable bonds is 8. The van der Waals surface area contributed by atoms with E-state index in [4.69, 9.17) is 5.11 Å². The molecule has 0 aromatic rings. The molecule has 0 fully saturated rings. The number of carboxylic acid groups (broad SMARTS) is 1. The minimum atomic E-state index is -0.911. The van der Waals surface area contributed by atoms with Crippen LogP contribution in [0.5, 0.6) is 0 Å². The summed E-state index contributed by atoms with van der Waals surface area (Å²) in [4.78, 5) is 35.9. The average Bonchev–Trinajstić information content (AvgIpc) is 2.32. The van der Waals surface area contributed by atoms with Gasteiger partial charge >= 0.3 is 5.97 Å². The topological polar surface area (TPSA) is 86.7 Å². The van der Waals surface area contributed by atoms with Crippen molar-refractivity contribution in [2.24, 2.45) is 5.41 Å². The maximum atomic E-state index is 12.1. The molecular formula is C15H28N2O4. The third-order valence-electron chi connectivity index (χ3n) is 3.04. The Kier molecular flexibility index (Phi) is 7.99. The molecule has 0 unspecified atom stereocenters. The molecule has 0 aromatic heterocycles. The zero-order valence-corrected chi connectivity index (χ0v) is 13.7. The Balaban J connectivity index is 4.15. The Morgan fingerprint density at radius 3 is 2.14 bits per heavy atom. The minimum Gasteiger partial charge on any atom is -0.481 e. The van der Waals surface area contributed by atoms with Gasteiger partial charge in [0.25, 0.3) is 0 Å². The van der Waals surface area contributed by atoms with Crippen molar-refractivity contribution >= 4 is 17.8 Å². The van der Waals surface area contributed by atoms with Crippen LogP contribution in [0.2, 0.25) is 0 Å². The van der Waals surface area contributed by atoms with Crippen molar-refractivity contribution < 1.29 is 19.5 Å². The van der Waals surface area contributed by atoms with Gasteiger partial charge in [-0.1, -0.05) is 20.8 Å². The van der Waals surface area contributed by atoms with Crippen molar-refractivity contribution in [3.63, 3.8) is 0 Å². The number of carbonyl (C=O) groups excluding carboxylic acids is 2. The summed E-state index contributed by atoms with van der Waals surface area (Å²) < 4.78 is 0. The summed E-state index contributed by atoms with van der Waals surface area (Å²) in [6.45, 7) is 9.90. The smallest absolute Gasteiger partial charge is 0.305 e. The summed E-state index contributed by atoms with van der Waals surface area (Å²) in [5.41, 5.74) is -0.435. The highest BCUT2D eigenvalue weighted by atomic mass is 16.4. The zero-order valence-electron chi connectivity index (χ0n) is 13.7. The van der Waals surface area contributed by atoms with Crippen LogP contribution in [-0.4, -0.2) is 46.9 Å². The lowest BCUT2D eigenvalue weighted by atomic mass is 9.96. The molecule has 0 aliphatic heterocycles. The first-order chi connectivity index (χ1) is 9.55. The third kappa shape index (κ3) is 8.32. The number of hydrogen-bond acceptors (Lipinski definition) is 3. The molecule has 122 valence electrons.